The van der Waals surface area contributed by atoms with Crippen molar-refractivity contribution in [3.8, 4) is 0 Å². The van der Waals surface area contributed by atoms with E-state index in [0.29, 0.717) is 5.13 Å². The molecule has 4 rings (SSSR count). The summed E-state index contributed by atoms with van der Waals surface area (Å²) in [6.45, 7) is 4.28. The van der Waals surface area contributed by atoms with Gasteiger partial charge in [-0.2, -0.15) is 11.3 Å². The number of benzene rings is 1. The first kappa shape index (κ1) is 15.6. The van der Waals surface area contributed by atoms with Crippen LogP contribution >= 0.6 is 22.7 Å². The van der Waals surface area contributed by atoms with Gasteiger partial charge in [-0.1, -0.05) is 23.5 Å². The highest BCUT2D eigenvalue weighted by atomic mass is 32.1. The molecule has 0 unspecified atom stereocenters. The molecule has 5 nitrogen and oxygen atoms in total. The number of aromatic nitrogens is 1. The molecule has 1 fully saturated rings. The average molecular weight is 358 g/mol. The number of nitrogens with zero attached hydrogens (tertiary/aromatic N) is 3. The van der Waals surface area contributed by atoms with Crippen molar-refractivity contribution in [3.63, 3.8) is 0 Å². The standard InChI is InChI=1S/C17H18N4OS2/c22-17(19-16-18-14-3-1-2-4-15(14)24-16)21-8-6-20(7-9-21)11-13-5-10-23-12-13/h1-5,10,12H,6-9,11H2,(H,18,19,22). The van der Waals surface area contributed by atoms with Crippen molar-refractivity contribution in [3.05, 3.63) is 46.7 Å². The number of thiophene rings is 1. The zero-order chi connectivity index (χ0) is 16.4. The lowest BCUT2D eigenvalue weighted by molar-refractivity contribution is 0.143. The van der Waals surface area contributed by atoms with Crippen molar-refractivity contribution < 1.29 is 4.79 Å². The van der Waals surface area contributed by atoms with E-state index in [0.717, 1.165) is 42.9 Å². The number of piperazine rings is 1. The number of amides is 2. The number of fused-ring (bicyclic) bond motifs is 1. The molecule has 3 heterocycles. The monoisotopic (exact) mass is 358 g/mol. The van der Waals surface area contributed by atoms with Crippen molar-refractivity contribution in [1.82, 2.24) is 14.8 Å². The van der Waals surface area contributed by atoms with Crippen LogP contribution in [0.4, 0.5) is 9.93 Å². The summed E-state index contributed by atoms with van der Waals surface area (Å²) in [6.07, 6.45) is 0. The molecule has 2 amide bonds. The van der Waals surface area contributed by atoms with Gasteiger partial charge in [0.25, 0.3) is 0 Å². The van der Waals surface area contributed by atoms with E-state index < -0.39 is 0 Å². The Morgan fingerprint density at radius 3 is 2.75 bits per heavy atom. The third-order valence-electron chi connectivity index (χ3n) is 4.15. The van der Waals surface area contributed by atoms with Crippen molar-refractivity contribution in [2.75, 3.05) is 31.5 Å². The van der Waals surface area contributed by atoms with Crippen LogP contribution in [0.3, 0.4) is 0 Å². The van der Waals surface area contributed by atoms with Crippen LogP contribution in [0.5, 0.6) is 0 Å². The lowest BCUT2D eigenvalue weighted by Crippen LogP contribution is -2.49. The van der Waals surface area contributed by atoms with Gasteiger partial charge < -0.3 is 4.90 Å². The molecule has 0 aliphatic carbocycles. The van der Waals surface area contributed by atoms with E-state index in [1.165, 1.54) is 16.9 Å². The molecule has 2 aromatic heterocycles. The SMILES string of the molecule is O=C(Nc1nc2ccccc2s1)N1CCN(Cc2ccsc2)CC1. The number of rotatable bonds is 3. The van der Waals surface area contributed by atoms with Crippen LogP contribution < -0.4 is 5.32 Å². The number of thiazole rings is 1. The first-order valence-corrected chi connectivity index (χ1v) is 9.69. The summed E-state index contributed by atoms with van der Waals surface area (Å²) in [5.41, 5.74) is 2.28. The predicted molar refractivity (Wildman–Crippen MR) is 99.8 cm³/mol. The van der Waals surface area contributed by atoms with Gasteiger partial charge in [-0.15, -0.1) is 0 Å². The zero-order valence-electron chi connectivity index (χ0n) is 13.1. The number of nitrogens with one attached hydrogen (secondary N) is 1. The van der Waals surface area contributed by atoms with E-state index >= 15 is 0 Å². The largest absolute Gasteiger partial charge is 0.323 e. The molecule has 1 N–H and O–H groups in total. The molecule has 1 saturated heterocycles. The number of carbonyl (C=O) groups is 1. The number of para-hydroxylation sites is 1. The lowest BCUT2D eigenvalue weighted by Gasteiger charge is -2.34. The summed E-state index contributed by atoms with van der Waals surface area (Å²) in [5, 5.41) is 7.90. The highest BCUT2D eigenvalue weighted by molar-refractivity contribution is 7.22. The van der Waals surface area contributed by atoms with E-state index in [4.69, 9.17) is 0 Å². The van der Waals surface area contributed by atoms with Crippen LogP contribution in [0.25, 0.3) is 10.2 Å². The molecule has 124 valence electrons. The summed E-state index contributed by atoms with van der Waals surface area (Å²) >= 11 is 3.24. The molecule has 24 heavy (non-hydrogen) atoms. The van der Waals surface area contributed by atoms with Gasteiger partial charge in [0.05, 0.1) is 10.2 Å². The number of anilines is 1. The summed E-state index contributed by atoms with van der Waals surface area (Å²) in [4.78, 5) is 21.2. The molecule has 1 aromatic carbocycles. The minimum atomic E-state index is -0.0516. The van der Waals surface area contributed by atoms with Gasteiger partial charge in [-0.25, -0.2) is 9.78 Å². The second kappa shape index (κ2) is 6.88. The third kappa shape index (κ3) is 3.43. The Hall–Kier alpha value is -1.96. The molecular weight excluding hydrogens is 340 g/mol. The average Bonchev–Trinajstić information content (AvgIpc) is 3.24. The summed E-state index contributed by atoms with van der Waals surface area (Å²) in [6, 6.07) is 10.0. The second-order valence-electron chi connectivity index (χ2n) is 5.81. The van der Waals surface area contributed by atoms with Gasteiger partial charge in [0.15, 0.2) is 5.13 Å². The Morgan fingerprint density at radius 1 is 1.17 bits per heavy atom. The van der Waals surface area contributed by atoms with Crippen LogP contribution in [-0.2, 0) is 6.54 Å². The zero-order valence-corrected chi connectivity index (χ0v) is 14.8. The van der Waals surface area contributed by atoms with Crippen LogP contribution in [0.2, 0.25) is 0 Å². The van der Waals surface area contributed by atoms with Gasteiger partial charge in [-0.3, -0.25) is 10.2 Å². The van der Waals surface area contributed by atoms with Crippen molar-refractivity contribution in [2.45, 2.75) is 6.54 Å². The molecule has 0 radical (unpaired) electrons. The molecule has 1 aliphatic heterocycles. The quantitative estimate of drug-likeness (QED) is 0.776. The first-order valence-electron chi connectivity index (χ1n) is 7.93. The van der Waals surface area contributed by atoms with E-state index in [2.05, 4.69) is 32.0 Å². The Morgan fingerprint density at radius 2 is 2.00 bits per heavy atom. The Labute approximate surface area is 148 Å². The fourth-order valence-electron chi connectivity index (χ4n) is 2.85. The van der Waals surface area contributed by atoms with E-state index in [1.54, 1.807) is 11.3 Å². The summed E-state index contributed by atoms with van der Waals surface area (Å²) in [7, 11) is 0. The minimum Gasteiger partial charge on any atom is -0.322 e. The summed E-state index contributed by atoms with van der Waals surface area (Å²) < 4.78 is 1.09. The van der Waals surface area contributed by atoms with Crippen LogP contribution in [0.1, 0.15) is 5.56 Å². The molecule has 0 atom stereocenters. The molecular formula is C17H18N4OS2. The van der Waals surface area contributed by atoms with Crippen molar-refractivity contribution in [1.29, 1.82) is 0 Å². The van der Waals surface area contributed by atoms with E-state index in [1.807, 2.05) is 29.2 Å². The van der Waals surface area contributed by atoms with Crippen LogP contribution in [-0.4, -0.2) is 47.0 Å². The van der Waals surface area contributed by atoms with E-state index in [9.17, 15) is 4.79 Å². The normalized spacial score (nSPS) is 15.8. The predicted octanol–water partition coefficient (Wildman–Crippen LogP) is 3.71. The summed E-state index contributed by atoms with van der Waals surface area (Å²) in [5.74, 6) is 0. The first-order chi connectivity index (χ1) is 11.8. The lowest BCUT2D eigenvalue weighted by atomic mass is 10.2. The minimum absolute atomic E-state index is 0.0516. The second-order valence-corrected chi connectivity index (χ2v) is 7.62. The maximum absolute atomic E-state index is 12.4. The smallest absolute Gasteiger partial charge is 0.322 e. The van der Waals surface area contributed by atoms with Crippen LogP contribution in [0.15, 0.2) is 41.1 Å². The van der Waals surface area contributed by atoms with Gasteiger partial charge in [-0.05, 0) is 34.5 Å². The number of carbonyl (C=O) groups excluding carboxylic acids is 1. The highest BCUT2D eigenvalue weighted by Gasteiger charge is 2.22. The van der Waals surface area contributed by atoms with Crippen molar-refractivity contribution >= 4 is 44.1 Å². The van der Waals surface area contributed by atoms with Gasteiger partial charge >= 0.3 is 6.03 Å². The Balaban J connectivity index is 1.32. The Kier molecular flexibility index (Phi) is 4.46. The number of hydrogen-bond acceptors (Lipinski definition) is 5. The Bertz CT molecular complexity index is 789. The van der Waals surface area contributed by atoms with Gasteiger partial charge in [0.1, 0.15) is 0 Å². The number of hydrogen-bond donors (Lipinski definition) is 1. The van der Waals surface area contributed by atoms with Gasteiger partial charge in [0, 0.05) is 32.7 Å². The molecule has 3 aromatic rings. The molecule has 0 spiro atoms. The fraction of sp³-hybridized carbons (Fsp3) is 0.294. The number of urea groups is 1. The maximum atomic E-state index is 12.4. The molecule has 0 bridgehead atoms. The fourth-order valence-corrected chi connectivity index (χ4v) is 4.36. The van der Waals surface area contributed by atoms with Gasteiger partial charge in [0.2, 0.25) is 0 Å². The third-order valence-corrected chi connectivity index (χ3v) is 5.84. The van der Waals surface area contributed by atoms with E-state index in [-0.39, 0.29) is 6.03 Å². The van der Waals surface area contributed by atoms with Crippen LogP contribution in [0, 0.1) is 0 Å². The molecule has 1 aliphatic rings. The maximum Gasteiger partial charge on any atom is 0.323 e. The molecule has 7 heteroatoms. The highest BCUT2D eigenvalue weighted by Crippen LogP contribution is 2.25. The topological polar surface area (TPSA) is 48.5 Å². The molecule has 0 saturated carbocycles. The van der Waals surface area contributed by atoms with Crippen molar-refractivity contribution in [2.24, 2.45) is 0 Å².